The Morgan fingerprint density at radius 1 is 1.19 bits per heavy atom. The van der Waals surface area contributed by atoms with Gasteiger partial charge in [-0.1, -0.05) is 25.1 Å². The molecule has 1 aromatic carbocycles. The molecular weight excluding hydrogens is 264 g/mol. The number of ether oxygens (including phenoxy) is 1. The standard InChI is InChI=1S/C16H22N4O/c1-3-9-20(12-13-7-5-6-8-14(13)17)15-10-18-11-16(19-15)21-4-2/h5-8,10-11H,3-4,9,12,17H2,1-2H3. The van der Waals surface area contributed by atoms with Crippen LogP contribution in [-0.4, -0.2) is 23.1 Å². The van der Waals surface area contributed by atoms with Crippen molar-refractivity contribution < 1.29 is 4.74 Å². The van der Waals surface area contributed by atoms with E-state index in [4.69, 9.17) is 10.5 Å². The van der Waals surface area contributed by atoms with E-state index in [9.17, 15) is 0 Å². The van der Waals surface area contributed by atoms with Crippen LogP contribution in [0, 0.1) is 0 Å². The van der Waals surface area contributed by atoms with Gasteiger partial charge in [0.05, 0.1) is 19.0 Å². The third-order valence-electron chi connectivity index (χ3n) is 3.13. The number of benzene rings is 1. The third kappa shape index (κ3) is 4.08. The first kappa shape index (κ1) is 15.1. The summed E-state index contributed by atoms with van der Waals surface area (Å²) < 4.78 is 5.42. The first-order chi connectivity index (χ1) is 10.2. The zero-order valence-corrected chi connectivity index (χ0v) is 12.6. The van der Waals surface area contributed by atoms with Crippen molar-refractivity contribution in [1.82, 2.24) is 9.97 Å². The molecule has 0 aliphatic carbocycles. The molecular formula is C16H22N4O. The minimum atomic E-state index is 0.553. The van der Waals surface area contributed by atoms with Crippen molar-refractivity contribution in [2.24, 2.45) is 0 Å². The average Bonchev–Trinajstić information content (AvgIpc) is 2.49. The summed E-state index contributed by atoms with van der Waals surface area (Å²) in [6, 6.07) is 7.90. The van der Waals surface area contributed by atoms with Crippen molar-refractivity contribution in [2.45, 2.75) is 26.8 Å². The molecule has 0 radical (unpaired) electrons. The van der Waals surface area contributed by atoms with Crippen LogP contribution in [0.25, 0.3) is 0 Å². The molecule has 2 rings (SSSR count). The van der Waals surface area contributed by atoms with Crippen LogP contribution in [0.15, 0.2) is 36.7 Å². The highest BCUT2D eigenvalue weighted by Gasteiger charge is 2.11. The van der Waals surface area contributed by atoms with Crippen molar-refractivity contribution in [2.75, 3.05) is 23.8 Å². The summed E-state index contributed by atoms with van der Waals surface area (Å²) in [5.41, 5.74) is 7.92. The third-order valence-corrected chi connectivity index (χ3v) is 3.13. The number of nitrogen functional groups attached to an aromatic ring is 1. The quantitative estimate of drug-likeness (QED) is 0.793. The Labute approximate surface area is 125 Å². The Kier molecular flexibility index (Phi) is 5.37. The minimum absolute atomic E-state index is 0.553. The normalized spacial score (nSPS) is 10.4. The van der Waals surface area contributed by atoms with E-state index >= 15 is 0 Å². The first-order valence-electron chi connectivity index (χ1n) is 7.27. The van der Waals surface area contributed by atoms with Gasteiger partial charge in [-0.25, -0.2) is 0 Å². The van der Waals surface area contributed by atoms with Crippen molar-refractivity contribution in [1.29, 1.82) is 0 Å². The zero-order chi connectivity index (χ0) is 15.1. The summed E-state index contributed by atoms with van der Waals surface area (Å²) in [6.45, 7) is 6.25. The van der Waals surface area contributed by atoms with Gasteiger partial charge in [0.25, 0.3) is 0 Å². The van der Waals surface area contributed by atoms with E-state index in [0.29, 0.717) is 19.0 Å². The highest BCUT2D eigenvalue weighted by molar-refractivity contribution is 5.49. The number of anilines is 2. The Morgan fingerprint density at radius 3 is 2.71 bits per heavy atom. The lowest BCUT2D eigenvalue weighted by Gasteiger charge is -2.24. The first-order valence-corrected chi connectivity index (χ1v) is 7.27. The van der Waals surface area contributed by atoms with Gasteiger partial charge in [-0.05, 0) is 25.0 Å². The second-order valence-corrected chi connectivity index (χ2v) is 4.77. The Morgan fingerprint density at radius 2 is 2.00 bits per heavy atom. The fourth-order valence-corrected chi connectivity index (χ4v) is 2.14. The van der Waals surface area contributed by atoms with Gasteiger partial charge in [0.15, 0.2) is 5.82 Å². The number of rotatable bonds is 7. The maximum atomic E-state index is 6.03. The number of nitrogens with zero attached hydrogens (tertiary/aromatic N) is 3. The highest BCUT2D eigenvalue weighted by Crippen LogP contribution is 2.20. The Bertz CT molecular complexity index is 574. The molecule has 0 saturated heterocycles. The molecule has 0 atom stereocenters. The van der Waals surface area contributed by atoms with E-state index in [2.05, 4.69) is 21.8 Å². The molecule has 0 spiro atoms. The van der Waals surface area contributed by atoms with Crippen molar-refractivity contribution >= 4 is 11.5 Å². The van der Waals surface area contributed by atoms with Crippen LogP contribution in [0.1, 0.15) is 25.8 Å². The number of hydrogen-bond acceptors (Lipinski definition) is 5. The van der Waals surface area contributed by atoms with Crippen LogP contribution < -0.4 is 15.4 Å². The molecule has 5 nitrogen and oxygen atoms in total. The fraction of sp³-hybridized carbons (Fsp3) is 0.375. The van der Waals surface area contributed by atoms with E-state index in [1.165, 1.54) is 0 Å². The van der Waals surface area contributed by atoms with Crippen LogP contribution >= 0.6 is 0 Å². The van der Waals surface area contributed by atoms with Gasteiger partial charge in [-0.15, -0.1) is 0 Å². The summed E-state index contributed by atoms with van der Waals surface area (Å²) in [5, 5.41) is 0. The van der Waals surface area contributed by atoms with E-state index in [0.717, 1.165) is 30.0 Å². The maximum absolute atomic E-state index is 6.03. The second kappa shape index (κ2) is 7.47. The molecule has 0 amide bonds. The molecule has 0 aliphatic heterocycles. The van der Waals surface area contributed by atoms with Crippen molar-refractivity contribution in [3.8, 4) is 5.88 Å². The fourth-order valence-electron chi connectivity index (χ4n) is 2.14. The van der Waals surface area contributed by atoms with Gasteiger partial charge in [0, 0.05) is 18.8 Å². The molecule has 0 bridgehead atoms. The van der Waals surface area contributed by atoms with Crippen LogP contribution in [-0.2, 0) is 6.54 Å². The molecule has 2 aromatic rings. The number of nitrogens with two attached hydrogens (primary N) is 1. The number of hydrogen-bond donors (Lipinski definition) is 1. The molecule has 5 heteroatoms. The molecule has 1 aromatic heterocycles. The van der Waals surface area contributed by atoms with Gasteiger partial charge in [-0.3, -0.25) is 4.98 Å². The van der Waals surface area contributed by atoms with Crippen LogP contribution in [0.2, 0.25) is 0 Å². The SMILES string of the molecule is CCCN(Cc1ccccc1N)c1cncc(OCC)n1. The largest absolute Gasteiger partial charge is 0.477 e. The minimum Gasteiger partial charge on any atom is -0.477 e. The summed E-state index contributed by atoms with van der Waals surface area (Å²) >= 11 is 0. The van der Waals surface area contributed by atoms with Crippen molar-refractivity contribution in [3.05, 3.63) is 42.2 Å². The molecule has 0 saturated carbocycles. The predicted molar refractivity (Wildman–Crippen MR) is 85.4 cm³/mol. The van der Waals surface area contributed by atoms with Crippen LogP contribution in [0.5, 0.6) is 5.88 Å². The van der Waals surface area contributed by atoms with Gasteiger partial charge < -0.3 is 15.4 Å². The Hall–Kier alpha value is -2.30. The van der Waals surface area contributed by atoms with Crippen LogP contribution in [0.4, 0.5) is 11.5 Å². The molecule has 1 heterocycles. The topological polar surface area (TPSA) is 64.3 Å². The zero-order valence-electron chi connectivity index (χ0n) is 12.6. The lowest BCUT2D eigenvalue weighted by Crippen LogP contribution is -2.25. The molecule has 21 heavy (non-hydrogen) atoms. The highest BCUT2D eigenvalue weighted by atomic mass is 16.5. The van der Waals surface area contributed by atoms with Gasteiger partial charge in [0.2, 0.25) is 5.88 Å². The summed E-state index contributed by atoms with van der Waals surface area (Å²) in [6.07, 6.45) is 4.42. The van der Waals surface area contributed by atoms with E-state index in [1.54, 1.807) is 12.4 Å². The Balaban J connectivity index is 2.22. The summed E-state index contributed by atoms with van der Waals surface area (Å²) in [5.74, 6) is 1.36. The van der Waals surface area contributed by atoms with E-state index < -0.39 is 0 Å². The monoisotopic (exact) mass is 286 g/mol. The average molecular weight is 286 g/mol. The van der Waals surface area contributed by atoms with E-state index in [-0.39, 0.29) is 0 Å². The lowest BCUT2D eigenvalue weighted by molar-refractivity contribution is 0.325. The predicted octanol–water partition coefficient (Wildman–Crippen LogP) is 2.87. The number of para-hydroxylation sites is 1. The summed E-state index contributed by atoms with van der Waals surface area (Å²) in [4.78, 5) is 10.9. The van der Waals surface area contributed by atoms with Crippen LogP contribution in [0.3, 0.4) is 0 Å². The molecule has 0 aliphatic rings. The van der Waals surface area contributed by atoms with Gasteiger partial charge in [0.1, 0.15) is 0 Å². The molecule has 2 N–H and O–H groups in total. The lowest BCUT2D eigenvalue weighted by atomic mass is 10.1. The second-order valence-electron chi connectivity index (χ2n) is 4.77. The molecule has 0 fully saturated rings. The maximum Gasteiger partial charge on any atom is 0.234 e. The molecule has 0 unspecified atom stereocenters. The van der Waals surface area contributed by atoms with E-state index in [1.807, 2.05) is 31.2 Å². The van der Waals surface area contributed by atoms with Gasteiger partial charge >= 0.3 is 0 Å². The smallest absolute Gasteiger partial charge is 0.234 e. The summed E-state index contributed by atoms with van der Waals surface area (Å²) in [7, 11) is 0. The molecule has 112 valence electrons. The van der Waals surface area contributed by atoms with Gasteiger partial charge in [-0.2, -0.15) is 4.98 Å². The van der Waals surface area contributed by atoms with Crippen molar-refractivity contribution in [3.63, 3.8) is 0 Å². The number of aromatic nitrogens is 2.